The molecular formula is C21H26N6O. The molecule has 3 aromatic heterocycles. The number of nitrogens with zero attached hydrogens (tertiary/aromatic N) is 6. The van der Waals surface area contributed by atoms with Crippen molar-refractivity contribution in [1.29, 1.82) is 0 Å². The highest BCUT2D eigenvalue weighted by Crippen LogP contribution is 2.25. The number of anilines is 1. The minimum atomic E-state index is -0.0174. The van der Waals surface area contributed by atoms with Gasteiger partial charge in [0.15, 0.2) is 0 Å². The van der Waals surface area contributed by atoms with E-state index in [0.29, 0.717) is 6.61 Å². The molecule has 0 aromatic carbocycles. The van der Waals surface area contributed by atoms with Crippen molar-refractivity contribution in [2.24, 2.45) is 7.05 Å². The van der Waals surface area contributed by atoms with Crippen LogP contribution in [-0.2, 0) is 18.3 Å². The number of morpholine rings is 1. The summed E-state index contributed by atoms with van der Waals surface area (Å²) in [5, 5.41) is 4.22. The Balaban J connectivity index is 1.45. The highest BCUT2D eigenvalue weighted by molar-refractivity contribution is 5.60. The molecule has 7 nitrogen and oxygen atoms in total. The highest BCUT2D eigenvalue weighted by atomic mass is 16.5. The second-order valence-electron chi connectivity index (χ2n) is 7.35. The Morgan fingerprint density at radius 2 is 2.04 bits per heavy atom. The molecule has 1 aliphatic rings. The standard InChI is InChI=1S/C21H26N6O/c1-25(2)21-17(5-4-8-22-21)14-27-9-10-28-20(15-27)19-7-6-16(11-23-19)18-12-24-26(3)13-18/h4-8,11-13,20H,9-10,14-15H2,1-3H3/t20-/m1/s1. The van der Waals surface area contributed by atoms with Crippen LogP contribution < -0.4 is 4.90 Å². The van der Waals surface area contributed by atoms with Gasteiger partial charge in [0.2, 0.25) is 0 Å². The molecule has 7 heteroatoms. The molecule has 1 saturated heterocycles. The maximum Gasteiger partial charge on any atom is 0.132 e. The Kier molecular flexibility index (Phi) is 5.36. The monoisotopic (exact) mass is 378 g/mol. The first-order valence-electron chi connectivity index (χ1n) is 9.50. The van der Waals surface area contributed by atoms with E-state index in [1.807, 2.05) is 52.0 Å². The van der Waals surface area contributed by atoms with Crippen LogP contribution in [0.2, 0.25) is 0 Å². The SMILES string of the molecule is CN(C)c1ncccc1CN1CCO[C@@H](c2ccc(-c3cnn(C)c3)cn2)C1. The molecule has 1 aliphatic heterocycles. The fraction of sp³-hybridized carbons (Fsp3) is 0.381. The van der Waals surface area contributed by atoms with E-state index in [-0.39, 0.29) is 6.10 Å². The number of hydrogen-bond acceptors (Lipinski definition) is 6. The maximum atomic E-state index is 6.01. The second kappa shape index (κ2) is 8.08. The number of aromatic nitrogens is 4. The zero-order chi connectivity index (χ0) is 19.5. The molecule has 1 atom stereocenters. The van der Waals surface area contributed by atoms with Gasteiger partial charge in [0.25, 0.3) is 0 Å². The molecule has 0 amide bonds. The molecule has 0 spiro atoms. The van der Waals surface area contributed by atoms with E-state index in [9.17, 15) is 0 Å². The summed E-state index contributed by atoms with van der Waals surface area (Å²) in [5.41, 5.74) is 4.33. The van der Waals surface area contributed by atoms with Gasteiger partial charge in [0.05, 0.1) is 18.5 Å². The molecule has 0 radical (unpaired) electrons. The lowest BCUT2D eigenvalue weighted by atomic mass is 10.1. The number of aryl methyl sites for hydroxylation is 1. The smallest absolute Gasteiger partial charge is 0.132 e. The van der Waals surface area contributed by atoms with Gasteiger partial charge < -0.3 is 9.64 Å². The van der Waals surface area contributed by atoms with E-state index in [4.69, 9.17) is 4.74 Å². The van der Waals surface area contributed by atoms with Crippen molar-refractivity contribution in [3.63, 3.8) is 0 Å². The van der Waals surface area contributed by atoms with Gasteiger partial charge in [-0.3, -0.25) is 14.6 Å². The van der Waals surface area contributed by atoms with Gasteiger partial charge in [0.1, 0.15) is 11.9 Å². The van der Waals surface area contributed by atoms with Gasteiger partial charge in [-0.2, -0.15) is 5.10 Å². The topological polar surface area (TPSA) is 59.3 Å². The maximum absolute atomic E-state index is 6.01. The highest BCUT2D eigenvalue weighted by Gasteiger charge is 2.24. The minimum absolute atomic E-state index is 0.0174. The van der Waals surface area contributed by atoms with E-state index in [0.717, 1.165) is 42.3 Å². The van der Waals surface area contributed by atoms with Gasteiger partial charge >= 0.3 is 0 Å². The quantitative estimate of drug-likeness (QED) is 0.680. The Hall–Kier alpha value is -2.77. The predicted octanol–water partition coefficient (Wildman–Crippen LogP) is 2.52. The van der Waals surface area contributed by atoms with Crippen LogP contribution in [-0.4, -0.2) is 58.4 Å². The molecule has 0 unspecified atom stereocenters. The molecule has 1 fully saturated rings. The second-order valence-corrected chi connectivity index (χ2v) is 7.35. The van der Waals surface area contributed by atoms with E-state index in [2.05, 4.69) is 43.1 Å². The lowest BCUT2D eigenvalue weighted by Gasteiger charge is -2.33. The molecule has 28 heavy (non-hydrogen) atoms. The van der Waals surface area contributed by atoms with Crippen LogP contribution in [0.3, 0.4) is 0 Å². The van der Waals surface area contributed by atoms with Gasteiger partial charge in [-0.15, -0.1) is 0 Å². The fourth-order valence-corrected chi connectivity index (χ4v) is 3.56. The van der Waals surface area contributed by atoms with E-state index < -0.39 is 0 Å². The van der Waals surface area contributed by atoms with Crippen molar-refractivity contribution in [2.45, 2.75) is 12.6 Å². The van der Waals surface area contributed by atoms with Crippen LogP contribution in [0.1, 0.15) is 17.4 Å². The van der Waals surface area contributed by atoms with Crippen molar-refractivity contribution in [2.75, 3.05) is 38.7 Å². The lowest BCUT2D eigenvalue weighted by molar-refractivity contribution is -0.0349. The number of hydrogen-bond donors (Lipinski definition) is 0. The number of rotatable bonds is 5. The average molecular weight is 378 g/mol. The summed E-state index contributed by atoms with van der Waals surface area (Å²) in [4.78, 5) is 13.6. The first kappa shape index (κ1) is 18.6. The summed E-state index contributed by atoms with van der Waals surface area (Å²) in [6, 6.07) is 8.30. The molecule has 146 valence electrons. The van der Waals surface area contributed by atoms with Crippen LogP contribution in [0, 0.1) is 0 Å². The normalized spacial score (nSPS) is 17.6. The van der Waals surface area contributed by atoms with Crippen LogP contribution in [0.4, 0.5) is 5.82 Å². The van der Waals surface area contributed by atoms with Crippen molar-refractivity contribution in [1.82, 2.24) is 24.6 Å². The van der Waals surface area contributed by atoms with Gasteiger partial charge in [-0.25, -0.2) is 4.98 Å². The van der Waals surface area contributed by atoms with Gasteiger partial charge in [-0.1, -0.05) is 12.1 Å². The van der Waals surface area contributed by atoms with Crippen LogP contribution in [0.25, 0.3) is 11.1 Å². The van der Waals surface area contributed by atoms with Crippen molar-refractivity contribution < 1.29 is 4.74 Å². The first-order chi connectivity index (χ1) is 13.6. The minimum Gasteiger partial charge on any atom is -0.369 e. The molecule has 0 aliphatic carbocycles. The Labute approximate surface area is 165 Å². The molecule has 4 heterocycles. The number of pyridine rings is 2. The average Bonchev–Trinajstić information content (AvgIpc) is 3.15. The molecule has 0 N–H and O–H groups in total. The largest absolute Gasteiger partial charge is 0.369 e. The van der Waals surface area contributed by atoms with Gasteiger partial charge in [-0.05, 0) is 12.1 Å². The predicted molar refractivity (Wildman–Crippen MR) is 109 cm³/mol. The third-order valence-corrected chi connectivity index (χ3v) is 4.99. The summed E-state index contributed by atoms with van der Waals surface area (Å²) in [6.45, 7) is 3.29. The van der Waals surface area contributed by atoms with Crippen molar-refractivity contribution in [3.05, 3.63) is 60.3 Å². The summed E-state index contributed by atoms with van der Waals surface area (Å²) >= 11 is 0. The van der Waals surface area contributed by atoms with Crippen LogP contribution in [0.15, 0.2) is 49.1 Å². The molecule has 0 saturated carbocycles. The van der Waals surface area contributed by atoms with E-state index in [1.54, 1.807) is 4.68 Å². The summed E-state index contributed by atoms with van der Waals surface area (Å²) in [6.07, 6.45) is 7.57. The zero-order valence-corrected chi connectivity index (χ0v) is 16.6. The zero-order valence-electron chi connectivity index (χ0n) is 16.6. The Morgan fingerprint density at radius 1 is 1.14 bits per heavy atom. The van der Waals surface area contributed by atoms with E-state index in [1.165, 1.54) is 5.56 Å². The summed E-state index contributed by atoms with van der Waals surface area (Å²) in [5.74, 6) is 1.02. The third-order valence-electron chi connectivity index (χ3n) is 4.99. The Bertz CT molecular complexity index is 921. The van der Waals surface area contributed by atoms with Crippen molar-refractivity contribution >= 4 is 5.82 Å². The van der Waals surface area contributed by atoms with Crippen LogP contribution >= 0.6 is 0 Å². The van der Waals surface area contributed by atoms with E-state index >= 15 is 0 Å². The summed E-state index contributed by atoms with van der Waals surface area (Å²) in [7, 11) is 5.98. The molecule has 4 rings (SSSR count). The molecule has 3 aromatic rings. The third kappa shape index (κ3) is 4.05. The first-order valence-corrected chi connectivity index (χ1v) is 9.50. The van der Waals surface area contributed by atoms with Crippen LogP contribution in [0.5, 0.6) is 0 Å². The Morgan fingerprint density at radius 3 is 2.75 bits per heavy atom. The lowest BCUT2D eigenvalue weighted by Crippen LogP contribution is -2.38. The van der Waals surface area contributed by atoms with Gasteiger partial charge in [0, 0.05) is 76.1 Å². The fourth-order valence-electron chi connectivity index (χ4n) is 3.56. The molecule has 0 bridgehead atoms. The summed E-state index contributed by atoms with van der Waals surface area (Å²) < 4.78 is 7.81. The molecular weight excluding hydrogens is 352 g/mol. The van der Waals surface area contributed by atoms with Crippen molar-refractivity contribution in [3.8, 4) is 11.1 Å². The number of ether oxygens (including phenoxy) is 1.